The molecule has 1 amide bonds. The van der Waals surface area contributed by atoms with E-state index in [1.807, 2.05) is 0 Å². The first kappa shape index (κ1) is 22.6. The van der Waals surface area contributed by atoms with Crippen molar-refractivity contribution in [1.82, 2.24) is 14.3 Å². The van der Waals surface area contributed by atoms with Crippen molar-refractivity contribution in [2.24, 2.45) is 5.92 Å². The molecule has 0 saturated carbocycles. The number of hydrogen-bond donors (Lipinski definition) is 4. The van der Waals surface area contributed by atoms with Crippen LogP contribution in [0.25, 0.3) is 11.0 Å². The molecule has 2 aromatic carbocycles. The SMILES string of the molecule is O=C(Nc1ccc(F)c(Cl)c1)c1cc(S(=O)(=O)N2CCC(CO)C(O)C2)cc2nc[nH]c12. The van der Waals surface area contributed by atoms with Gasteiger partial charge in [-0.1, -0.05) is 11.6 Å². The third-order valence-electron chi connectivity index (χ3n) is 5.48. The highest BCUT2D eigenvalue weighted by atomic mass is 35.5. The number of H-pyrrole nitrogens is 1. The average molecular weight is 483 g/mol. The normalized spacial score (nSPS) is 19.9. The molecule has 0 spiro atoms. The summed E-state index contributed by atoms with van der Waals surface area (Å²) in [5, 5.41) is 21.9. The number of nitrogens with zero attached hydrogens (tertiary/aromatic N) is 2. The van der Waals surface area contributed by atoms with Gasteiger partial charge in [-0.2, -0.15) is 4.31 Å². The van der Waals surface area contributed by atoms with Crippen molar-refractivity contribution in [3.05, 3.63) is 53.1 Å². The van der Waals surface area contributed by atoms with E-state index >= 15 is 0 Å². The number of aromatic amines is 1. The lowest BCUT2D eigenvalue weighted by atomic mass is 9.96. The van der Waals surface area contributed by atoms with Crippen molar-refractivity contribution in [2.45, 2.75) is 17.4 Å². The van der Waals surface area contributed by atoms with Crippen LogP contribution in [0.2, 0.25) is 5.02 Å². The highest BCUT2D eigenvalue weighted by Gasteiger charge is 2.35. The molecule has 4 rings (SSSR count). The molecular formula is C20H20ClFN4O5S. The number of fused-ring (bicyclic) bond motifs is 1. The van der Waals surface area contributed by atoms with Crippen molar-refractivity contribution in [3.8, 4) is 0 Å². The van der Waals surface area contributed by atoms with E-state index in [0.29, 0.717) is 11.9 Å². The van der Waals surface area contributed by atoms with Crippen LogP contribution in [-0.4, -0.2) is 64.6 Å². The van der Waals surface area contributed by atoms with E-state index in [1.54, 1.807) is 0 Å². The molecule has 0 aliphatic carbocycles. The van der Waals surface area contributed by atoms with Gasteiger partial charge in [0.1, 0.15) is 5.82 Å². The Morgan fingerprint density at radius 3 is 2.81 bits per heavy atom. The van der Waals surface area contributed by atoms with Crippen LogP contribution in [0.5, 0.6) is 0 Å². The van der Waals surface area contributed by atoms with Crippen molar-refractivity contribution in [2.75, 3.05) is 25.0 Å². The second kappa shape index (κ2) is 8.75. The fraction of sp³-hybridized carbons (Fsp3) is 0.300. The number of sulfonamides is 1. The van der Waals surface area contributed by atoms with Gasteiger partial charge < -0.3 is 20.5 Å². The summed E-state index contributed by atoms with van der Waals surface area (Å²) in [6.07, 6.45) is 0.646. The van der Waals surface area contributed by atoms with Crippen molar-refractivity contribution in [3.63, 3.8) is 0 Å². The molecule has 3 aromatic rings. The zero-order valence-electron chi connectivity index (χ0n) is 16.6. The number of carbonyl (C=O) groups excluding carboxylic acids is 1. The Hall–Kier alpha value is -2.57. The summed E-state index contributed by atoms with van der Waals surface area (Å²) in [7, 11) is -4.05. The predicted molar refractivity (Wildman–Crippen MR) is 115 cm³/mol. The number of amides is 1. The molecule has 1 fully saturated rings. The molecule has 32 heavy (non-hydrogen) atoms. The zero-order valence-corrected chi connectivity index (χ0v) is 18.2. The van der Waals surface area contributed by atoms with Crippen molar-refractivity contribution in [1.29, 1.82) is 0 Å². The number of hydrogen-bond acceptors (Lipinski definition) is 6. The van der Waals surface area contributed by atoms with Crippen LogP contribution in [0.15, 0.2) is 41.6 Å². The molecule has 1 aliphatic heterocycles. The van der Waals surface area contributed by atoms with Crippen molar-refractivity contribution < 1.29 is 27.8 Å². The van der Waals surface area contributed by atoms with Gasteiger partial charge >= 0.3 is 0 Å². The lowest BCUT2D eigenvalue weighted by Crippen LogP contribution is -2.47. The molecule has 0 radical (unpaired) electrons. The number of aromatic nitrogens is 2. The minimum atomic E-state index is -4.05. The monoisotopic (exact) mass is 482 g/mol. The van der Waals surface area contributed by atoms with E-state index in [2.05, 4.69) is 15.3 Å². The van der Waals surface area contributed by atoms with Gasteiger partial charge in [0.05, 0.1) is 38.9 Å². The fourth-order valence-electron chi connectivity index (χ4n) is 3.65. The number of halogens is 2. The van der Waals surface area contributed by atoms with Gasteiger partial charge in [-0.15, -0.1) is 0 Å². The van der Waals surface area contributed by atoms with Gasteiger partial charge in [-0.25, -0.2) is 17.8 Å². The van der Waals surface area contributed by atoms with Gasteiger partial charge in [0, 0.05) is 31.3 Å². The Kier molecular flexibility index (Phi) is 6.19. The minimum absolute atomic E-state index is 0.0183. The van der Waals surface area contributed by atoms with E-state index in [4.69, 9.17) is 11.6 Å². The summed E-state index contributed by atoms with van der Waals surface area (Å²) in [5.41, 5.74) is 0.842. The average Bonchev–Trinajstić information content (AvgIpc) is 3.24. The molecule has 1 aromatic heterocycles. The zero-order chi connectivity index (χ0) is 23.0. The molecule has 1 aliphatic rings. The molecule has 2 atom stereocenters. The number of anilines is 1. The third-order valence-corrected chi connectivity index (χ3v) is 7.61. The Balaban J connectivity index is 1.68. The second-order valence-corrected chi connectivity index (χ2v) is 9.86. The van der Waals surface area contributed by atoms with Crippen LogP contribution in [0.3, 0.4) is 0 Å². The molecule has 1 saturated heterocycles. The number of carbonyl (C=O) groups is 1. The third kappa shape index (κ3) is 4.21. The maximum absolute atomic E-state index is 13.4. The lowest BCUT2D eigenvalue weighted by molar-refractivity contribution is 0.0222. The van der Waals surface area contributed by atoms with E-state index in [9.17, 15) is 27.8 Å². The smallest absolute Gasteiger partial charge is 0.257 e. The quantitative estimate of drug-likeness (QED) is 0.439. The van der Waals surface area contributed by atoms with E-state index in [-0.39, 0.29) is 52.3 Å². The van der Waals surface area contributed by atoms with Crippen LogP contribution in [-0.2, 0) is 10.0 Å². The Morgan fingerprint density at radius 1 is 1.34 bits per heavy atom. The molecule has 2 heterocycles. The summed E-state index contributed by atoms with van der Waals surface area (Å²) in [6, 6.07) is 6.24. The Labute approximate surface area is 187 Å². The minimum Gasteiger partial charge on any atom is -0.396 e. The molecule has 170 valence electrons. The Morgan fingerprint density at radius 2 is 2.12 bits per heavy atom. The summed E-state index contributed by atoms with van der Waals surface area (Å²) in [5.74, 6) is -1.67. The van der Waals surface area contributed by atoms with E-state index in [1.165, 1.54) is 30.6 Å². The van der Waals surface area contributed by atoms with Crippen LogP contribution in [0, 0.1) is 11.7 Å². The van der Waals surface area contributed by atoms with Gasteiger partial charge in [0.2, 0.25) is 10.0 Å². The molecule has 9 nitrogen and oxygen atoms in total. The number of nitrogens with one attached hydrogen (secondary N) is 2. The maximum atomic E-state index is 13.4. The first-order valence-electron chi connectivity index (χ1n) is 9.73. The number of piperidine rings is 1. The highest BCUT2D eigenvalue weighted by molar-refractivity contribution is 7.89. The highest BCUT2D eigenvalue weighted by Crippen LogP contribution is 2.28. The van der Waals surface area contributed by atoms with Crippen LogP contribution >= 0.6 is 11.6 Å². The first-order chi connectivity index (χ1) is 15.2. The van der Waals surface area contributed by atoms with Gasteiger partial charge in [0.15, 0.2) is 0 Å². The van der Waals surface area contributed by atoms with Gasteiger partial charge in [-0.05, 0) is 36.8 Å². The number of aliphatic hydroxyl groups is 2. The maximum Gasteiger partial charge on any atom is 0.257 e. The standard InChI is InChI=1S/C20H20ClFN4O5S/c21-15-5-12(1-2-16(15)22)25-20(29)14-6-13(7-17-19(14)24-10-23-17)32(30,31)26-4-3-11(9-27)18(28)8-26/h1-2,5-7,10-11,18,27-28H,3-4,8-9H2,(H,23,24)(H,25,29). The summed E-state index contributed by atoms with van der Waals surface area (Å²) in [4.78, 5) is 19.7. The van der Waals surface area contributed by atoms with Crippen LogP contribution in [0.4, 0.5) is 10.1 Å². The molecule has 4 N–H and O–H groups in total. The Bertz CT molecular complexity index is 1280. The van der Waals surface area contributed by atoms with Crippen molar-refractivity contribution >= 4 is 44.3 Å². The molecule has 0 bridgehead atoms. The topological polar surface area (TPSA) is 136 Å². The fourth-order valence-corrected chi connectivity index (χ4v) is 5.35. The summed E-state index contributed by atoms with van der Waals surface area (Å²) in [6.45, 7) is -0.271. The number of β-amino-alcohol motifs (C(OH)–C–C–N with tert-alkyl or cyclic N) is 1. The predicted octanol–water partition coefficient (Wildman–Crippen LogP) is 1.97. The largest absolute Gasteiger partial charge is 0.396 e. The summed E-state index contributed by atoms with van der Waals surface area (Å²) < 4.78 is 41.0. The number of benzene rings is 2. The first-order valence-corrected chi connectivity index (χ1v) is 11.5. The lowest BCUT2D eigenvalue weighted by Gasteiger charge is -2.34. The summed E-state index contributed by atoms with van der Waals surface area (Å²) >= 11 is 5.76. The van der Waals surface area contributed by atoms with E-state index in [0.717, 1.165) is 10.4 Å². The van der Waals surface area contributed by atoms with E-state index < -0.39 is 27.9 Å². The number of imidazole rings is 1. The van der Waals surface area contributed by atoms with Crippen LogP contribution < -0.4 is 5.32 Å². The molecule has 2 unspecified atom stereocenters. The molecule has 12 heteroatoms. The molecular weight excluding hydrogens is 463 g/mol. The van der Waals surface area contributed by atoms with Crippen LogP contribution in [0.1, 0.15) is 16.8 Å². The van der Waals surface area contributed by atoms with Gasteiger partial charge in [0.25, 0.3) is 5.91 Å². The van der Waals surface area contributed by atoms with Gasteiger partial charge in [-0.3, -0.25) is 4.79 Å². The number of rotatable bonds is 5. The second-order valence-electron chi connectivity index (χ2n) is 7.51. The number of aliphatic hydroxyl groups excluding tert-OH is 2.